The average molecular weight is 328 g/mol. The molecule has 0 radical (unpaired) electrons. The zero-order valence-corrected chi connectivity index (χ0v) is 13.3. The second-order valence-electron chi connectivity index (χ2n) is 5.65. The molecule has 3 rings (SSSR count). The van der Waals surface area contributed by atoms with Gasteiger partial charge in [-0.3, -0.25) is 0 Å². The summed E-state index contributed by atoms with van der Waals surface area (Å²) in [6.45, 7) is 3.04. The number of rotatable bonds is 2. The number of nitrogens with zero attached hydrogens (tertiary/aromatic N) is 4. The van der Waals surface area contributed by atoms with E-state index in [-0.39, 0.29) is 6.54 Å². The lowest BCUT2D eigenvalue weighted by molar-refractivity contribution is -0.0956. The highest BCUT2D eigenvalue weighted by molar-refractivity contribution is 7.88. The predicted octanol–water partition coefficient (Wildman–Crippen LogP) is -0.656. The molecule has 0 unspecified atom stereocenters. The van der Waals surface area contributed by atoms with E-state index >= 15 is 0 Å². The molecule has 0 saturated carbocycles. The number of anilines is 1. The number of sulfonamides is 1. The summed E-state index contributed by atoms with van der Waals surface area (Å²) in [4.78, 5) is 10.5. The van der Waals surface area contributed by atoms with E-state index in [1.807, 2.05) is 4.90 Å². The topological polar surface area (TPSA) is 84.9 Å². The fraction of sp³-hybridized carbons (Fsp3) is 0.692. The Kier molecular flexibility index (Phi) is 4.31. The number of ether oxygens (including phenoxy) is 2. The maximum atomic E-state index is 11.9. The lowest BCUT2D eigenvalue weighted by Gasteiger charge is -2.42. The highest BCUT2D eigenvalue weighted by Gasteiger charge is 2.42. The normalized spacial score (nSPS) is 27.8. The SMILES string of the molecule is CS(=O)(=O)N1CCOC[C@]2(CN(c3ncccn3)CCO2)C1. The Morgan fingerprint density at radius 2 is 1.95 bits per heavy atom. The second-order valence-corrected chi connectivity index (χ2v) is 7.63. The molecule has 22 heavy (non-hydrogen) atoms. The van der Waals surface area contributed by atoms with Crippen molar-refractivity contribution >= 4 is 16.0 Å². The second kappa shape index (κ2) is 6.07. The van der Waals surface area contributed by atoms with Gasteiger partial charge < -0.3 is 14.4 Å². The average Bonchev–Trinajstić information content (AvgIpc) is 2.71. The van der Waals surface area contributed by atoms with Crippen molar-refractivity contribution < 1.29 is 17.9 Å². The van der Waals surface area contributed by atoms with E-state index in [1.165, 1.54) is 10.6 Å². The zero-order chi connectivity index (χ0) is 15.6. The van der Waals surface area contributed by atoms with Crippen LogP contribution in [0.5, 0.6) is 0 Å². The van der Waals surface area contributed by atoms with Crippen LogP contribution in [0.4, 0.5) is 5.95 Å². The van der Waals surface area contributed by atoms with Crippen LogP contribution in [-0.4, -0.2) is 80.5 Å². The molecule has 8 nitrogen and oxygen atoms in total. The van der Waals surface area contributed by atoms with E-state index in [2.05, 4.69) is 9.97 Å². The van der Waals surface area contributed by atoms with E-state index in [4.69, 9.17) is 9.47 Å². The van der Waals surface area contributed by atoms with Crippen LogP contribution in [0.25, 0.3) is 0 Å². The van der Waals surface area contributed by atoms with E-state index in [9.17, 15) is 8.42 Å². The van der Waals surface area contributed by atoms with Gasteiger partial charge >= 0.3 is 0 Å². The number of aromatic nitrogens is 2. The van der Waals surface area contributed by atoms with Crippen LogP contribution in [-0.2, 0) is 19.5 Å². The third kappa shape index (κ3) is 3.37. The van der Waals surface area contributed by atoms with Gasteiger partial charge in [0.15, 0.2) is 0 Å². The van der Waals surface area contributed by atoms with Crippen molar-refractivity contribution in [2.75, 3.05) is 57.2 Å². The highest BCUT2D eigenvalue weighted by Crippen LogP contribution is 2.25. The van der Waals surface area contributed by atoms with E-state index in [1.54, 1.807) is 18.5 Å². The Morgan fingerprint density at radius 3 is 2.68 bits per heavy atom. The summed E-state index contributed by atoms with van der Waals surface area (Å²) in [7, 11) is -3.28. The summed E-state index contributed by atoms with van der Waals surface area (Å²) in [5.74, 6) is 0.625. The maximum Gasteiger partial charge on any atom is 0.225 e. The lowest BCUT2D eigenvalue weighted by atomic mass is 10.0. The van der Waals surface area contributed by atoms with Gasteiger partial charge in [-0.25, -0.2) is 18.4 Å². The molecule has 2 aliphatic heterocycles. The van der Waals surface area contributed by atoms with Crippen molar-refractivity contribution in [3.05, 3.63) is 18.5 Å². The third-order valence-corrected chi connectivity index (χ3v) is 5.12. The molecular weight excluding hydrogens is 308 g/mol. The van der Waals surface area contributed by atoms with Gasteiger partial charge in [0.2, 0.25) is 16.0 Å². The molecule has 122 valence electrons. The van der Waals surface area contributed by atoms with Crippen molar-refractivity contribution in [1.82, 2.24) is 14.3 Å². The molecule has 1 aromatic heterocycles. The molecule has 0 aromatic carbocycles. The van der Waals surface area contributed by atoms with E-state index in [0.717, 1.165) is 0 Å². The Hall–Kier alpha value is -1.29. The summed E-state index contributed by atoms with van der Waals surface area (Å²) in [5.41, 5.74) is -0.684. The smallest absolute Gasteiger partial charge is 0.225 e. The number of hydrogen-bond donors (Lipinski definition) is 0. The van der Waals surface area contributed by atoms with Gasteiger partial charge in [0.1, 0.15) is 5.60 Å². The first-order valence-electron chi connectivity index (χ1n) is 7.17. The first kappa shape index (κ1) is 15.6. The van der Waals surface area contributed by atoms with E-state index < -0.39 is 15.6 Å². The first-order chi connectivity index (χ1) is 10.5. The van der Waals surface area contributed by atoms with Gasteiger partial charge in [0.25, 0.3) is 0 Å². The molecule has 1 spiro atoms. The molecule has 3 heterocycles. The Bertz CT molecular complexity index is 612. The van der Waals surface area contributed by atoms with Crippen LogP contribution >= 0.6 is 0 Å². The van der Waals surface area contributed by atoms with Gasteiger partial charge in [-0.2, -0.15) is 4.31 Å². The Balaban J connectivity index is 1.81. The van der Waals surface area contributed by atoms with Gasteiger partial charge in [0, 0.05) is 32.0 Å². The minimum Gasteiger partial charge on any atom is -0.377 e. The molecule has 9 heteroatoms. The first-order valence-corrected chi connectivity index (χ1v) is 9.02. The molecule has 1 aromatic rings. The highest BCUT2D eigenvalue weighted by atomic mass is 32.2. The molecular formula is C13H20N4O4S. The molecule has 2 aliphatic rings. The Labute approximate surface area is 130 Å². The van der Waals surface area contributed by atoms with Crippen LogP contribution in [0.1, 0.15) is 0 Å². The van der Waals surface area contributed by atoms with Crippen molar-refractivity contribution in [2.45, 2.75) is 5.60 Å². The summed E-state index contributed by atoms with van der Waals surface area (Å²) in [5, 5.41) is 0. The molecule has 0 N–H and O–H groups in total. The van der Waals surface area contributed by atoms with E-state index in [0.29, 0.717) is 45.4 Å². The third-order valence-electron chi connectivity index (χ3n) is 3.87. The standard InChI is InChI=1S/C13H20N4O4S/c1-22(18,19)17-6-7-20-11-13(10-17)9-16(5-8-21-13)12-14-3-2-4-15-12/h2-4H,5-11H2,1H3/t13-/m0/s1. The largest absolute Gasteiger partial charge is 0.377 e. The van der Waals surface area contributed by atoms with Crippen LogP contribution in [0.15, 0.2) is 18.5 Å². The maximum absolute atomic E-state index is 11.9. The van der Waals surface area contributed by atoms with Crippen LogP contribution in [0, 0.1) is 0 Å². The fourth-order valence-corrected chi connectivity index (χ4v) is 3.68. The van der Waals surface area contributed by atoms with Gasteiger partial charge in [0.05, 0.1) is 32.6 Å². The van der Waals surface area contributed by atoms with Gasteiger partial charge in [-0.05, 0) is 6.07 Å². The Morgan fingerprint density at radius 1 is 1.18 bits per heavy atom. The van der Waals surface area contributed by atoms with Crippen molar-refractivity contribution in [1.29, 1.82) is 0 Å². The molecule has 0 aliphatic carbocycles. The van der Waals surface area contributed by atoms with Crippen LogP contribution < -0.4 is 4.90 Å². The van der Waals surface area contributed by atoms with Crippen LogP contribution in [0.3, 0.4) is 0 Å². The van der Waals surface area contributed by atoms with Gasteiger partial charge in [-0.15, -0.1) is 0 Å². The summed E-state index contributed by atoms with van der Waals surface area (Å²) < 4.78 is 36.7. The minimum atomic E-state index is -3.28. The molecule has 2 saturated heterocycles. The number of morpholine rings is 1. The van der Waals surface area contributed by atoms with Crippen LogP contribution in [0.2, 0.25) is 0 Å². The predicted molar refractivity (Wildman–Crippen MR) is 80.2 cm³/mol. The number of hydrogen-bond acceptors (Lipinski definition) is 7. The monoisotopic (exact) mass is 328 g/mol. The molecule has 2 fully saturated rings. The summed E-state index contributed by atoms with van der Waals surface area (Å²) in [6.07, 6.45) is 4.60. The molecule has 0 amide bonds. The lowest BCUT2D eigenvalue weighted by Crippen LogP contribution is -2.59. The molecule has 1 atom stereocenters. The summed E-state index contributed by atoms with van der Waals surface area (Å²) in [6, 6.07) is 1.76. The fourth-order valence-electron chi connectivity index (χ4n) is 2.81. The minimum absolute atomic E-state index is 0.287. The van der Waals surface area contributed by atoms with Gasteiger partial charge in [-0.1, -0.05) is 0 Å². The van der Waals surface area contributed by atoms with Crippen molar-refractivity contribution in [3.63, 3.8) is 0 Å². The summed E-state index contributed by atoms with van der Waals surface area (Å²) >= 11 is 0. The van der Waals surface area contributed by atoms with Crippen molar-refractivity contribution in [2.24, 2.45) is 0 Å². The quantitative estimate of drug-likeness (QED) is 0.713. The molecule has 0 bridgehead atoms. The zero-order valence-electron chi connectivity index (χ0n) is 12.5. The van der Waals surface area contributed by atoms with Crippen molar-refractivity contribution in [3.8, 4) is 0 Å².